The van der Waals surface area contributed by atoms with Gasteiger partial charge in [0.15, 0.2) is 0 Å². The van der Waals surface area contributed by atoms with E-state index in [9.17, 15) is 9.59 Å². The molecule has 0 aliphatic rings. The number of amides is 3. The Labute approximate surface area is 151 Å². The van der Waals surface area contributed by atoms with Crippen LogP contribution in [-0.2, 0) is 0 Å². The number of imide groups is 1. The number of pyridine rings is 1. The molecule has 1 aromatic heterocycles. The van der Waals surface area contributed by atoms with Crippen molar-refractivity contribution in [3.8, 4) is 0 Å². The summed E-state index contributed by atoms with van der Waals surface area (Å²) < 4.78 is 0. The largest absolute Gasteiger partial charge is 0.326 e. The minimum Gasteiger partial charge on any atom is -0.306 e. The van der Waals surface area contributed by atoms with Crippen molar-refractivity contribution < 1.29 is 9.59 Å². The van der Waals surface area contributed by atoms with Crippen molar-refractivity contribution in [1.82, 2.24) is 10.3 Å². The topological polar surface area (TPSA) is 71.1 Å². The Balaban J connectivity index is 2.14. The van der Waals surface area contributed by atoms with E-state index in [0.717, 1.165) is 0 Å². The zero-order valence-corrected chi connectivity index (χ0v) is 14.6. The van der Waals surface area contributed by atoms with Gasteiger partial charge < -0.3 is 5.32 Å². The van der Waals surface area contributed by atoms with E-state index in [1.165, 1.54) is 18.2 Å². The highest BCUT2D eigenvalue weighted by Crippen LogP contribution is 2.25. The lowest BCUT2D eigenvalue weighted by atomic mass is 10.1. The number of aromatic nitrogens is 1. The molecule has 0 aliphatic carbocycles. The highest BCUT2D eigenvalue weighted by molar-refractivity contribution is 6.36. The van der Waals surface area contributed by atoms with Crippen LogP contribution in [0.3, 0.4) is 0 Å². The van der Waals surface area contributed by atoms with E-state index in [0.29, 0.717) is 10.6 Å². The van der Waals surface area contributed by atoms with E-state index in [1.54, 1.807) is 13.0 Å². The average Bonchev–Trinajstić information content (AvgIpc) is 2.41. The normalized spacial score (nSPS) is 10.3. The van der Waals surface area contributed by atoms with Gasteiger partial charge in [-0.1, -0.05) is 46.4 Å². The quantitative estimate of drug-likeness (QED) is 0.709. The first-order valence-electron chi connectivity index (χ1n) is 6.18. The number of hydrogen-bond acceptors (Lipinski definition) is 3. The summed E-state index contributed by atoms with van der Waals surface area (Å²) in [5.74, 6) is -0.715. The smallest absolute Gasteiger partial charge is 0.306 e. The molecular formula is C14H9Cl4N3O2. The van der Waals surface area contributed by atoms with Crippen LogP contribution in [0.25, 0.3) is 0 Å². The van der Waals surface area contributed by atoms with Gasteiger partial charge in [0.1, 0.15) is 10.3 Å². The van der Waals surface area contributed by atoms with Crippen LogP contribution >= 0.6 is 46.4 Å². The Bertz CT molecular complexity index is 773. The molecule has 0 fully saturated rings. The second-order valence-corrected chi connectivity index (χ2v) is 6.05. The summed E-state index contributed by atoms with van der Waals surface area (Å²) in [6.45, 7) is 1.63. The summed E-state index contributed by atoms with van der Waals surface area (Å²) in [6, 6.07) is 5.22. The van der Waals surface area contributed by atoms with Crippen molar-refractivity contribution in [3.05, 3.63) is 55.7 Å². The maximum Gasteiger partial charge on any atom is 0.326 e. The molecule has 0 radical (unpaired) electrons. The maximum absolute atomic E-state index is 12.2. The van der Waals surface area contributed by atoms with Gasteiger partial charge in [-0.3, -0.25) is 10.1 Å². The van der Waals surface area contributed by atoms with Gasteiger partial charge in [-0.2, -0.15) is 0 Å². The second kappa shape index (κ2) is 7.36. The number of anilines is 1. The Kier molecular flexibility index (Phi) is 5.70. The summed E-state index contributed by atoms with van der Waals surface area (Å²) in [5, 5.41) is 5.28. The molecule has 120 valence electrons. The molecule has 0 atom stereocenters. The SMILES string of the molecule is Cc1cc(Cl)nc(Cl)c1C(=O)NC(=O)Nc1cc(Cl)ccc1Cl. The van der Waals surface area contributed by atoms with Crippen LogP contribution in [-0.4, -0.2) is 16.9 Å². The molecule has 1 aromatic carbocycles. The number of halogens is 4. The number of hydrogen-bond donors (Lipinski definition) is 2. The van der Waals surface area contributed by atoms with Crippen molar-refractivity contribution in [2.75, 3.05) is 5.32 Å². The van der Waals surface area contributed by atoms with Gasteiger partial charge in [0.05, 0.1) is 16.3 Å². The van der Waals surface area contributed by atoms with Gasteiger partial charge in [0, 0.05) is 5.02 Å². The van der Waals surface area contributed by atoms with E-state index >= 15 is 0 Å². The van der Waals surface area contributed by atoms with Crippen molar-refractivity contribution in [3.63, 3.8) is 0 Å². The molecule has 3 amide bonds. The van der Waals surface area contributed by atoms with Gasteiger partial charge in [0.25, 0.3) is 5.91 Å². The number of urea groups is 1. The van der Waals surface area contributed by atoms with Gasteiger partial charge in [0.2, 0.25) is 0 Å². The number of nitrogens with one attached hydrogen (secondary N) is 2. The van der Waals surface area contributed by atoms with Crippen molar-refractivity contribution in [2.45, 2.75) is 6.92 Å². The first-order valence-corrected chi connectivity index (χ1v) is 7.69. The summed E-state index contributed by atoms with van der Waals surface area (Å²) in [5.41, 5.74) is 0.811. The van der Waals surface area contributed by atoms with Crippen molar-refractivity contribution >= 4 is 64.0 Å². The molecule has 0 spiro atoms. The van der Waals surface area contributed by atoms with Gasteiger partial charge in [-0.15, -0.1) is 0 Å². The average molecular weight is 393 g/mol. The molecule has 23 heavy (non-hydrogen) atoms. The van der Waals surface area contributed by atoms with E-state index in [-0.39, 0.29) is 26.6 Å². The summed E-state index contributed by atoms with van der Waals surface area (Å²) in [7, 11) is 0. The Morgan fingerprint density at radius 3 is 2.43 bits per heavy atom. The van der Waals surface area contributed by atoms with Crippen molar-refractivity contribution in [2.24, 2.45) is 0 Å². The third kappa shape index (κ3) is 4.48. The van der Waals surface area contributed by atoms with Crippen molar-refractivity contribution in [1.29, 1.82) is 0 Å². The molecule has 9 heteroatoms. The molecule has 0 saturated heterocycles. The highest BCUT2D eigenvalue weighted by Gasteiger charge is 2.18. The van der Waals surface area contributed by atoms with Crippen LogP contribution in [0.2, 0.25) is 20.4 Å². The van der Waals surface area contributed by atoms with Gasteiger partial charge >= 0.3 is 6.03 Å². The van der Waals surface area contributed by atoms with E-state index in [4.69, 9.17) is 46.4 Å². The maximum atomic E-state index is 12.2. The second-order valence-electron chi connectivity index (χ2n) is 4.46. The number of carbonyl (C=O) groups is 2. The predicted molar refractivity (Wildman–Crippen MR) is 91.9 cm³/mol. The Morgan fingerprint density at radius 2 is 1.78 bits per heavy atom. The Morgan fingerprint density at radius 1 is 1.09 bits per heavy atom. The van der Waals surface area contributed by atoms with Crippen LogP contribution < -0.4 is 10.6 Å². The van der Waals surface area contributed by atoms with Gasteiger partial charge in [-0.25, -0.2) is 9.78 Å². The predicted octanol–water partition coefficient (Wildman–Crippen LogP) is 4.97. The molecule has 2 N–H and O–H groups in total. The Hall–Kier alpha value is -1.53. The first-order chi connectivity index (χ1) is 10.8. The lowest BCUT2D eigenvalue weighted by Crippen LogP contribution is -2.35. The number of rotatable bonds is 2. The fourth-order valence-corrected chi connectivity index (χ4v) is 2.73. The van der Waals surface area contributed by atoms with Crippen LogP contribution in [0.5, 0.6) is 0 Å². The van der Waals surface area contributed by atoms with Crippen LogP contribution in [0.15, 0.2) is 24.3 Å². The van der Waals surface area contributed by atoms with Crippen LogP contribution in [0.4, 0.5) is 10.5 Å². The summed E-state index contributed by atoms with van der Waals surface area (Å²) in [6.07, 6.45) is 0. The molecule has 0 aliphatic heterocycles. The summed E-state index contributed by atoms with van der Waals surface area (Å²) >= 11 is 23.4. The molecule has 0 saturated carbocycles. The minimum atomic E-state index is -0.787. The number of carbonyl (C=O) groups excluding carboxylic acids is 2. The lowest BCUT2D eigenvalue weighted by Gasteiger charge is -2.10. The molecule has 0 unspecified atom stereocenters. The van der Waals surface area contributed by atoms with Crippen LogP contribution in [0.1, 0.15) is 15.9 Å². The first kappa shape index (κ1) is 17.8. The highest BCUT2D eigenvalue weighted by atomic mass is 35.5. The van der Waals surface area contributed by atoms with E-state index < -0.39 is 11.9 Å². The third-order valence-corrected chi connectivity index (χ3v) is 3.80. The zero-order chi connectivity index (χ0) is 17.1. The summed E-state index contributed by atoms with van der Waals surface area (Å²) in [4.78, 5) is 27.8. The molecule has 5 nitrogen and oxygen atoms in total. The number of benzene rings is 1. The molecular weight excluding hydrogens is 384 g/mol. The van der Waals surface area contributed by atoms with Crippen LogP contribution in [0, 0.1) is 6.92 Å². The monoisotopic (exact) mass is 391 g/mol. The fraction of sp³-hybridized carbons (Fsp3) is 0.0714. The molecule has 0 bridgehead atoms. The molecule has 2 rings (SSSR count). The minimum absolute atomic E-state index is 0.0587. The fourth-order valence-electron chi connectivity index (χ4n) is 1.78. The van der Waals surface area contributed by atoms with E-state index in [2.05, 4.69) is 15.6 Å². The lowest BCUT2D eigenvalue weighted by molar-refractivity contribution is 0.0966. The number of nitrogens with zero attached hydrogens (tertiary/aromatic N) is 1. The molecule has 2 aromatic rings. The number of aryl methyl sites for hydroxylation is 1. The zero-order valence-electron chi connectivity index (χ0n) is 11.6. The standard InChI is InChI=1S/C14H9Cl4N3O2/c1-6-4-10(17)20-12(18)11(6)13(22)21-14(23)19-9-5-7(15)2-3-8(9)16/h2-5H,1H3,(H2,19,21,22,23). The van der Waals surface area contributed by atoms with E-state index in [1.807, 2.05) is 0 Å². The molecule has 1 heterocycles. The third-order valence-electron chi connectivity index (χ3n) is 2.77. The van der Waals surface area contributed by atoms with Gasteiger partial charge in [-0.05, 0) is 36.8 Å².